The van der Waals surface area contributed by atoms with Crippen LogP contribution in [-0.4, -0.2) is 50.2 Å². The molecule has 3 rings (SSSR count). The Bertz CT molecular complexity index is 1220. The van der Waals surface area contributed by atoms with Crippen LogP contribution in [0.25, 0.3) is 11.1 Å². The van der Waals surface area contributed by atoms with Crippen LogP contribution in [0.1, 0.15) is 70.5 Å². The van der Waals surface area contributed by atoms with Gasteiger partial charge >= 0.3 is 5.97 Å². The summed E-state index contributed by atoms with van der Waals surface area (Å²) in [5.74, 6) is -1.07. The highest BCUT2D eigenvalue weighted by Crippen LogP contribution is 2.44. The van der Waals surface area contributed by atoms with E-state index in [-0.39, 0.29) is 10.3 Å². The first-order chi connectivity index (χ1) is 16.6. The fraction of sp³-hybridized carbons (Fsp3) is 0.556. The van der Waals surface area contributed by atoms with Crippen LogP contribution in [0.2, 0.25) is 0 Å². The van der Waals surface area contributed by atoms with Gasteiger partial charge in [-0.1, -0.05) is 26.0 Å². The van der Waals surface area contributed by atoms with Gasteiger partial charge in [-0.25, -0.2) is 17.9 Å². The molecule has 1 aromatic carbocycles. The predicted octanol–water partition coefficient (Wildman–Crippen LogP) is 4.84. The Balaban J connectivity index is 2.29. The first-order valence-electron chi connectivity index (χ1n) is 12.3. The lowest BCUT2D eigenvalue weighted by molar-refractivity contribution is -0.160. The number of rotatable bonds is 7. The summed E-state index contributed by atoms with van der Waals surface area (Å²) >= 11 is 0. The maximum absolute atomic E-state index is 12.5. The predicted molar refractivity (Wildman–Crippen MR) is 142 cm³/mol. The van der Waals surface area contributed by atoms with Crippen molar-refractivity contribution >= 4 is 21.7 Å². The number of aryl methyl sites for hydroxylation is 2. The lowest BCUT2D eigenvalue weighted by Crippen LogP contribution is -2.39. The number of ether oxygens (including phenoxy) is 1. The van der Waals surface area contributed by atoms with E-state index in [4.69, 9.17) is 9.72 Å². The molecule has 198 valence electrons. The maximum atomic E-state index is 12.5. The van der Waals surface area contributed by atoms with Gasteiger partial charge in [-0.15, -0.1) is 0 Å². The molecule has 8 nitrogen and oxygen atoms in total. The lowest BCUT2D eigenvalue weighted by Gasteiger charge is -2.41. The number of benzene rings is 1. The van der Waals surface area contributed by atoms with Crippen molar-refractivity contribution in [1.82, 2.24) is 9.71 Å². The summed E-state index contributed by atoms with van der Waals surface area (Å²) in [7, 11) is -2.21. The largest absolute Gasteiger partial charge is 0.479 e. The molecule has 1 fully saturated rings. The number of carbonyl (C=O) groups is 1. The Morgan fingerprint density at radius 2 is 1.67 bits per heavy atom. The van der Waals surface area contributed by atoms with Crippen molar-refractivity contribution in [1.29, 1.82) is 0 Å². The first-order valence-corrected chi connectivity index (χ1v) is 13.8. The lowest BCUT2D eigenvalue weighted by atomic mass is 9.82. The van der Waals surface area contributed by atoms with Gasteiger partial charge in [0, 0.05) is 35.6 Å². The number of nitrogens with zero attached hydrogens (tertiary/aromatic N) is 2. The van der Waals surface area contributed by atoms with Crippen molar-refractivity contribution in [3.05, 3.63) is 41.2 Å². The third kappa shape index (κ3) is 6.07. The number of anilines is 1. The molecule has 2 heterocycles. The van der Waals surface area contributed by atoms with Gasteiger partial charge in [-0.3, -0.25) is 4.98 Å². The number of pyridine rings is 1. The Labute approximate surface area is 215 Å². The highest BCUT2D eigenvalue weighted by atomic mass is 32.2. The minimum absolute atomic E-state index is 0.160. The average molecular weight is 518 g/mol. The molecule has 1 aliphatic heterocycles. The molecule has 0 bridgehead atoms. The van der Waals surface area contributed by atoms with Crippen molar-refractivity contribution in [2.24, 2.45) is 5.41 Å². The molecule has 2 aromatic rings. The standard InChI is InChI=1S/C27H39N3O5S/c1-17-21(19-9-11-20(12-10-19)36(33,34)28-8)23(30-15-13-27(6,7)14-16-30)22(18(2)29-17)24(25(31)32)35-26(3,4)5/h9-12,24,28H,13-16H2,1-8H3,(H,31,32)/t24-/m0/s1. The molecule has 1 saturated heterocycles. The van der Waals surface area contributed by atoms with Crippen LogP contribution in [0.3, 0.4) is 0 Å². The van der Waals surface area contributed by atoms with Crippen molar-refractivity contribution in [3.63, 3.8) is 0 Å². The van der Waals surface area contributed by atoms with Crippen LogP contribution in [0.4, 0.5) is 5.69 Å². The van der Waals surface area contributed by atoms with E-state index < -0.39 is 27.7 Å². The average Bonchev–Trinajstić information content (AvgIpc) is 2.77. The molecule has 0 saturated carbocycles. The molecule has 1 aromatic heterocycles. The first kappa shape index (κ1) is 28.1. The molecule has 0 spiro atoms. The number of piperidine rings is 1. The topological polar surface area (TPSA) is 109 Å². The third-order valence-electron chi connectivity index (χ3n) is 6.69. The van der Waals surface area contributed by atoms with Gasteiger partial charge in [0.2, 0.25) is 10.0 Å². The molecule has 9 heteroatoms. The molecular weight excluding hydrogens is 478 g/mol. The fourth-order valence-electron chi connectivity index (χ4n) is 4.67. The minimum atomic E-state index is -3.58. The molecule has 0 aliphatic carbocycles. The summed E-state index contributed by atoms with van der Waals surface area (Å²) in [6.45, 7) is 15.3. The van der Waals surface area contributed by atoms with Gasteiger partial charge in [0.25, 0.3) is 0 Å². The fourth-order valence-corrected chi connectivity index (χ4v) is 5.40. The van der Waals surface area contributed by atoms with Crippen LogP contribution in [0.5, 0.6) is 0 Å². The van der Waals surface area contributed by atoms with Gasteiger partial charge in [-0.2, -0.15) is 0 Å². The molecule has 2 N–H and O–H groups in total. The smallest absolute Gasteiger partial charge is 0.337 e. The summed E-state index contributed by atoms with van der Waals surface area (Å²) in [6.07, 6.45) is 0.721. The van der Waals surface area contributed by atoms with E-state index in [0.717, 1.165) is 48.4 Å². The monoisotopic (exact) mass is 517 g/mol. The Hall–Kier alpha value is -2.49. The van der Waals surface area contributed by atoms with E-state index in [1.54, 1.807) is 24.3 Å². The zero-order valence-corrected chi connectivity index (χ0v) is 23.4. The third-order valence-corrected chi connectivity index (χ3v) is 8.12. The Morgan fingerprint density at radius 3 is 2.14 bits per heavy atom. The van der Waals surface area contributed by atoms with Crippen molar-refractivity contribution in [3.8, 4) is 11.1 Å². The van der Waals surface area contributed by atoms with Crippen molar-refractivity contribution < 1.29 is 23.1 Å². The highest BCUT2D eigenvalue weighted by molar-refractivity contribution is 7.89. The number of sulfonamides is 1. The number of carboxylic acids is 1. The number of aromatic nitrogens is 1. The quantitative estimate of drug-likeness (QED) is 0.541. The van der Waals surface area contributed by atoms with Gasteiger partial charge < -0.3 is 14.7 Å². The zero-order valence-electron chi connectivity index (χ0n) is 22.6. The zero-order chi connectivity index (χ0) is 27.1. The summed E-state index contributed by atoms with van der Waals surface area (Å²) in [5, 5.41) is 10.3. The van der Waals surface area contributed by atoms with E-state index >= 15 is 0 Å². The van der Waals surface area contributed by atoms with Crippen LogP contribution in [-0.2, 0) is 19.6 Å². The van der Waals surface area contributed by atoms with Crippen molar-refractivity contribution in [2.45, 2.75) is 77.9 Å². The van der Waals surface area contributed by atoms with Crippen LogP contribution in [0.15, 0.2) is 29.2 Å². The number of nitrogens with one attached hydrogen (secondary N) is 1. The van der Waals surface area contributed by atoms with Gasteiger partial charge in [0.1, 0.15) is 0 Å². The van der Waals surface area contributed by atoms with Gasteiger partial charge in [-0.05, 0) is 77.6 Å². The van der Waals surface area contributed by atoms with Crippen LogP contribution in [0, 0.1) is 19.3 Å². The second-order valence-electron chi connectivity index (χ2n) is 11.3. The Morgan fingerprint density at radius 1 is 1.11 bits per heavy atom. The molecule has 36 heavy (non-hydrogen) atoms. The van der Waals surface area contributed by atoms with E-state index in [0.29, 0.717) is 11.3 Å². The van der Waals surface area contributed by atoms with Gasteiger partial charge in [0.15, 0.2) is 6.10 Å². The summed E-state index contributed by atoms with van der Waals surface area (Å²) < 4.78 is 33.0. The van der Waals surface area contributed by atoms with Crippen LogP contribution < -0.4 is 9.62 Å². The van der Waals surface area contributed by atoms with E-state index in [1.807, 2.05) is 34.6 Å². The number of hydrogen-bond donors (Lipinski definition) is 2. The molecule has 0 amide bonds. The van der Waals surface area contributed by atoms with Gasteiger partial charge in [0.05, 0.1) is 16.2 Å². The highest BCUT2D eigenvalue weighted by Gasteiger charge is 2.36. The molecular formula is C27H39N3O5S. The van der Waals surface area contributed by atoms with Crippen LogP contribution >= 0.6 is 0 Å². The second kappa shape index (κ2) is 10.1. The molecule has 0 unspecified atom stereocenters. The SMILES string of the molecule is CNS(=O)(=O)c1ccc(-c2c(C)nc(C)c([C@H](OC(C)(C)C)C(=O)O)c2N2CCC(C)(C)CC2)cc1. The number of hydrogen-bond acceptors (Lipinski definition) is 6. The van der Waals surface area contributed by atoms with E-state index in [9.17, 15) is 18.3 Å². The summed E-state index contributed by atoms with van der Waals surface area (Å²) in [6, 6.07) is 6.63. The molecule has 1 aliphatic rings. The summed E-state index contributed by atoms with van der Waals surface area (Å²) in [4.78, 5) is 19.7. The summed E-state index contributed by atoms with van der Waals surface area (Å²) in [5.41, 5.74) is 3.79. The Kier molecular flexibility index (Phi) is 7.89. The second-order valence-corrected chi connectivity index (χ2v) is 13.1. The maximum Gasteiger partial charge on any atom is 0.337 e. The molecule has 1 atom stereocenters. The van der Waals surface area contributed by atoms with E-state index in [2.05, 4.69) is 23.5 Å². The minimum Gasteiger partial charge on any atom is -0.479 e. The van der Waals surface area contributed by atoms with E-state index in [1.165, 1.54) is 7.05 Å². The number of carboxylic acid groups (broad SMARTS) is 1. The van der Waals surface area contributed by atoms with Crippen molar-refractivity contribution in [2.75, 3.05) is 25.0 Å². The molecule has 0 radical (unpaired) electrons. The normalized spacial score (nSPS) is 17.2. The number of aliphatic carboxylic acids is 1.